The number of aromatic nitrogens is 3. The molecule has 29 heavy (non-hydrogen) atoms. The molecule has 3 aromatic rings. The fourth-order valence-corrected chi connectivity index (χ4v) is 3.81. The van der Waals surface area contributed by atoms with Crippen LogP contribution in [0.5, 0.6) is 11.5 Å². The molecule has 4 heterocycles. The molecule has 6 nitrogen and oxygen atoms in total. The maximum atomic E-state index is 5.47. The van der Waals surface area contributed by atoms with E-state index in [1.54, 1.807) is 0 Å². The largest absolute Gasteiger partial charge is 0.454 e. The normalized spacial score (nSPS) is 15.6. The summed E-state index contributed by atoms with van der Waals surface area (Å²) in [5.41, 5.74) is 5.62. The summed E-state index contributed by atoms with van der Waals surface area (Å²) in [5.74, 6) is 2.89. The van der Waals surface area contributed by atoms with Crippen molar-refractivity contribution >= 4 is 0 Å². The molecule has 5 rings (SSSR count). The van der Waals surface area contributed by atoms with Gasteiger partial charge in [0.15, 0.2) is 11.5 Å². The summed E-state index contributed by atoms with van der Waals surface area (Å²) in [6.45, 7) is 7.32. The Labute approximate surface area is 170 Å². The average molecular weight is 388 g/mol. The molecule has 0 N–H and O–H groups in total. The van der Waals surface area contributed by atoms with E-state index in [1.807, 2.05) is 30.6 Å². The Balaban J connectivity index is 1.27. The minimum Gasteiger partial charge on any atom is -0.454 e. The second-order valence-electron chi connectivity index (χ2n) is 7.94. The zero-order valence-electron chi connectivity index (χ0n) is 16.8. The fraction of sp³-hybridized carbons (Fsp3) is 0.348. The lowest BCUT2D eigenvalue weighted by atomic mass is 10.1. The Morgan fingerprint density at radius 3 is 2.76 bits per heavy atom. The molecule has 0 saturated heterocycles. The van der Waals surface area contributed by atoms with Crippen molar-refractivity contribution in [3.8, 4) is 22.8 Å². The number of hydrogen-bond acceptors (Lipinski definition) is 6. The first-order valence-electron chi connectivity index (χ1n) is 10.1. The number of fused-ring (bicyclic) bond motifs is 2. The van der Waals surface area contributed by atoms with E-state index in [0.29, 0.717) is 5.92 Å². The molecule has 0 bridgehead atoms. The first-order chi connectivity index (χ1) is 14.2. The maximum Gasteiger partial charge on any atom is 0.231 e. The lowest BCUT2D eigenvalue weighted by Crippen LogP contribution is -2.31. The van der Waals surface area contributed by atoms with Crippen molar-refractivity contribution in [3.63, 3.8) is 0 Å². The van der Waals surface area contributed by atoms with Crippen molar-refractivity contribution in [1.82, 2.24) is 19.9 Å². The van der Waals surface area contributed by atoms with Crippen LogP contribution in [0.4, 0.5) is 0 Å². The van der Waals surface area contributed by atoms with Gasteiger partial charge in [-0.3, -0.25) is 9.88 Å². The SMILES string of the molecule is CC(C)c1ncc2c(n1)CCN(Cc1ccc(-c3ccc4c(c3)OCO4)nc1)C2. The van der Waals surface area contributed by atoms with Crippen molar-refractivity contribution in [2.45, 2.75) is 39.3 Å². The van der Waals surface area contributed by atoms with Gasteiger partial charge in [-0.1, -0.05) is 19.9 Å². The van der Waals surface area contributed by atoms with E-state index in [9.17, 15) is 0 Å². The molecule has 0 atom stereocenters. The number of ether oxygens (including phenoxy) is 2. The highest BCUT2D eigenvalue weighted by molar-refractivity contribution is 5.64. The van der Waals surface area contributed by atoms with E-state index in [1.165, 1.54) is 16.8 Å². The van der Waals surface area contributed by atoms with Crippen molar-refractivity contribution in [2.24, 2.45) is 0 Å². The summed E-state index contributed by atoms with van der Waals surface area (Å²) in [6, 6.07) is 10.2. The van der Waals surface area contributed by atoms with Crippen LogP contribution in [0.2, 0.25) is 0 Å². The van der Waals surface area contributed by atoms with Gasteiger partial charge in [-0.2, -0.15) is 0 Å². The summed E-state index contributed by atoms with van der Waals surface area (Å²) in [7, 11) is 0. The smallest absolute Gasteiger partial charge is 0.231 e. The Bertz CT molecular complexity index is 1030. The van der Waals surface area contributed by atoms with Crippen LogP contribution >= 0.6 is 0 Å². The van der Waals surface area contributed by atoms with Gasteiger partial charge in [-0.05, 0) is 29.8 Å². The summed E-state index contributed by atoms with van der Waals surface area (Å²) in [6.07, 6.45) is 4.94. The molecule has 0 unspecified atom stereocenters. The molecule has 6 heteroatoms. The third-order valence-electron chi connectivity index (χ3n) is 5.45. The van der Waals surface area contributed by atoms with Crippen molar-refractivity contribution < 1.29 is 9.47 Å². The van der Waals surface area contributed by atoms with E-state index in [2.05, 4.69) is 40.8 Å². The Hall–Kier alpha value is -2.99. The second-order valence-corrected chi connectivity index (χ2v) is 7.94. The zero-order chi connectivity index (χ0) is 19.8. The van der Waals surface area contributed by atoms with Crippen LogP contribution in [0.1, 0.15) is 42.4 Å². The van der Waals surface area contributed by atoms with Gasteiger partial charge in [0, 0.05) is 61.2 Å². The summed E-state index contributed by atoms with van der Waals surface area (Å²) in [5, 5.41) is 0. The van der Waals surface area contributed by atoms with E-state index < -0.39 is 0 Å². The summed E-state index contributed by atoms with van der Waals surface area (Å²) >= 11 is 0. The molecule has 0 fully saturated rings. The number of nitrogens with zero attached hydrogens (tertiary/aromatic N) is 4. The molecule has 2 aliphatic heterocycles. The first kappa shape index (κ1) is 18.1. The molecule has 148 valence electrons. The van der Waals surface area contributed by atoms with Crippen LogP contribution in [0.25, 0.3) is 11.3 Å². The molecule has 0 amide bonds. The third kappa shape index (κ3) is 3.68. The summed E-state index contributed by atoms with van der Waals surface area (Å²) < 4.78 is 10.8. The highest BCUT2D eigenvalue weighted by Crippen LogP contribution is 2.35. The van der Waals surface area contributed by atoms with Gasteiger partial charge in [0.05, 0.1) is 5.69 Å². The van der Waals surface area contributed by atoms with Crippen molar-refractivity contribution in [1.29, 1.82) is 0 Å². The van der Waals surface area contributed by atoms with Crippen LogP contribution in [-0.2, 0) is 19.5 Å². The molecule has 1 aromatic carbocycles. The predicted molar refractivity (Wildman–Crippen MR) is 110 cm³/mol. The number of benzene rings is 1. The minimum absolute atomic E-state index is 0.286. The van der Waals surface area contributed by atoms with Gasteiger partial charge in [0.2, 0.25) is 6.79 Å². The Kier molecular flexibility index (Phi) is 4.64. The monoisotopic (exact) mass is 388 g/mol. The first-order valence-corrected chi connectivity index (χ1v) is 10.1. The van der Waals surface area contributed by atoms with Gasteiger partial charge in [0.1, 0.15) is 5.82 Å². The minimum atomic E-state index is 0.286. The van der Waals surface area contributed by atoms with Crippen molar-refractivity contribution in [2.75, 3.05) is 13.3 Å². The third-order valence-corrected chi connectivity index (χ3v) is 5.45. The second kappa shape index (κ2) is 7.44. The Morgan fingerprint density at radius 1 is 1.03 bits per heavy atom. The highest BCUT2D eigenvalue weighted by Gasteiger charge is 2.19. The van der Waals surface area contributed by atoms with Crippen LogP contribution in [0, 0.1) is 0 Å². The predicted octanol–water partition coefficient (Wildman–Crippen LogP) is 3.95. The van der Waals surface area contributed by atoms with Gasteiger partial charge < -0.3 is 9.47 Å². The lowest BCUT2D eigenvalue weighted by Gasteiger charge is -2.28. The lowest BCUT2D eigenvalue weighted by molar-refractivity contribution is 0.174. The van der Waals surface area contributed by atoms with Crippen LogP contribution < -0.4 is 9.47 Å². The average Bonchev–Trinajstić information content (AvgIpc) is 3.22. The maximum absolute atomic E-state index is 5.47. The molecular formula is C23H24N4O2. The quantitative estimate of drug-likeness (QED) is 0.674. The fourth-order valence-electron chi connectivity index (χ4n) is 3.81. The zero-order valence-corrected chi connectivity index (χ0v) is 16.8. The molecular weight excluding hydrogens is 364 g/mol. The number of rotatable bonds is 4. The molecule has 0 aliphatic carbocycles. The molecule has 2 aliphatic rings. The van der Waals surface area contributed by atoms with Gasteiger partial charge >= 0.3 is 0 Å². The number of hydrogen-bond donors (Lipinski definition) is 0. The van der Waals surface area contributed by atoms with Crippen LogP contribution in [0.15, 0.2) is 42.7 Å². The summed E-state index contributed by atoms with van der Waals surface area (Å²) in [4.78, 5) is 16.4. The number of pyridine rings is 1. The van der Waals surface area contributed by atoms with Crippen LogP contribution in [0.3, 0.4) is 0 Å². The van der Waals surface area contributed by atoms with E-state index in [4.69, 9.17) is 14.5 Å². The van der Waals surface area contributed by atoms with Gasteiger partial charge in [-0.15, -0.1) is 0 Å². The molecule has 0 spiro atoms. The topological polar surface area (TPSA) is 60.4 Å². The highest BCUT2D eigenvalue weighted by atomic mass is 16.7. The Morgan fingerprint density at radius 2 is 1.93 bits per heavy atom. The van der Waals surface area contributed by atoms with Gasteiger partial charge in [-0.25, -0.2) is 9.97 Å². The molecule has 2 aromatic heterocycles. The van der Waals surface area contributed by atoms with E-state index >= 15 is 0 Å². The van der Waals surface area contributed by atoms with E-state index in [-0.39, 0.29) is 6.79 Å². The standard InChI is InChI=1S/C23H24N4O2/c1-15(2)23-25-11-18-13-27(8-7-20(18)26-23)12-16-3-5-19(24-10-16)17-4-6-21-22(9-17)29-14-28-21/h3-6,9-11,15H,7-8,12-14H2,1-2H3. The molecule has 0 saturated carbocycles. The van der Waals surface area contributed by atoms with E-state index in [0.717, 1.165) is 54.6 Å². The molecule has 0 radical (unpaired) electrons. The van der Waals surface area contributed by atoms with Gasteiger partial charge in [0.25, 0.3) is 0 Å². The van der Waals surface area contributed by atoms with Crippen LogP contribution in [-0.4, -0.2) is 33.2 Å². The van der Waals surface area contributed by atoms with Crippen molar-refractivity contribution in [3.05, 3.63) is 65.4 Å².